The molecule has 4 nitrogen and oxygen atoms in total. The molecule has 0 amide bonds. The Bertz CT molecular complexity index is 385. The average Bonchev–Trinajstić information content (AvgIpc) is 2.63. The number of hydrogen-bond donors (Lipinski definition) is 2. The topological polar surface area (TPSA) is 57.5 Å². The van der Waals surface area contributed by atoms with Gasteiger partial charge in [0.2, 0.25) is 0 Å². The molecular formula is C23H46NO3+. The van der Waals surface area contributed by atoms with Crippen molar-refractivity contribution < 1.29 is 19.5 Å². The van der Waals surface area contributed by atoms with E-state index >= 15 is 0 Å². The number of allylic oxidation sites excluding steroid dienone is 2. The van der Waals surface area contributed by atoms with E-state index in [0.717, 1.165) is 62.5 Å². The van der Waals surface area contributed by atoms with E-state index in [1.165, 1.54) is 12.8 Å². The fourth-order valence-corrected chi connectivity index (χ4v) is 3.91. The zero-order valence-electron chi connectivity index (χ0n) is 18.5. The number of carboxylic acids is 1. The highest BCUT2D eigenvalue weighted by Crippen LogP contribution is 2.21. The minimum absolute atomic E-state index is 0.319. The molecule has 0 heterocycles. The van der Waals surface area contributed by atoms with Crippen LogP contribution in [0.2, 0.25) is 0 Å². The molecule has 2 atom stereocenters. The number of nitrogens with zero attached hydrogens (tertiary/aromatic N) is 1. The molecule has 0 aromatic heterocycles. The lowest BCUT2D eigenvalue weighted by Crippen LogP contribution is -2.56. The Kier molecular flexibility index (Phi) is 15.6. The molecule has 0 aliphatic heterocycles. The summed E-state index contributed by atoms with van der Waals surface area (Å²) in [4.78, 5) is 11.7. The lowest BCUT2D eigenvalue weighted by molar-refractivity contribution is -0.933. The van der Waals surface area contributed by atoms with Crippen LogP contribution in [-0.2, 0) is 4.79 Å². The van der Waals surface area contributed by atoms with Crippen molar-refractivity contribution >= 4 is 5.97 Å². The van der Waals surface area contributed by atoms with Crippen LogP contribution in [0.25, 0.3) is 0 Å². The second kappa shape index (κ2) is 16.1. The number of quaternary nitrogens is 1. The van der Waals surface area contributed by atoms with Crippen molar-refractivity contribution in [2.45, 2.75) is 98.0 Å². The standard InChI is InChI=1S/C23H45NO3/c1-5-9-12-13-16-22(25)20-24(17-14-10-6-2,18-15-11-7-3)19-21(8-4)23(26)27/h9,12,21-22,25H,5-8,10-11,13-20H2,1-4H3/p+1/b12-9+. The molecule has 0 spiro atoms. The molecule has 0 aromatic rings. The Morgan fingerprint density at radius 1 is 0.926 bits per heavy atom. The van der Waals surface area contributed by atoms with Crippen LogP contribution in [0.1, 0.15) is 91.9 Å². The average molecular weight is 385 g/mol. The summed E-state index contributed by atoms with van der Waals surface area (Å²) in [5, 5.41) is 20.4. The molecule has 0 radical (unpaired) electrons. The SMILES string of the molecule is CC/C=C/CCC(O)C[N+](CCCCC)(CCCCC)CC(CC)C(=O)O. The molecule has 0 aliphatic rings. The predicted octanol–water partition coefficient (Wildman–Crippen LogP) is 5.40. The van der Waals surface area contributed by atoms with E-state index in [9.17, 15) is 15.0 Å². The number of carbonyl (C=O) groups is 1. The summed E-state index contributed by atoms with van der Waals surface area (Å²) in [5.74, 6) is -1.01. The summed E-state index contributed by atoms with van der Waals surface area (Å²) in [7, 11) is 0. The molecule has 160 valence electrons. The van der Waals surface area contributed by atoms with E-state index in [1.54, 1.807) is 0 Å². The van der Waals surface area contributed by atoms with Crippen LogP contribution in [0.3, 0.4) is 0 Å². The van der Waals surface area contributed by atoms with Crippen molar-refractivity contribution in [2.24, 2.45) is 5.92 Å². The van der Waals surface area contributed by atoms with Gasteiger partial charge in [-0.2, -0.15) is 0 Å². The van der Waals surface area contributed by atoms with E-state index in [0.29, 0.717) is 19.5 Å². The normalized spacial score (nSPS) is 14.6. The Morgan fingerprint density at radius 2 is 1.52 bits per heavy atom. The quantitative estimate of drug-likeness (QED) is 0.189. The lowest BCUT2D eigenvalue weighted by Gasteiger charge is -2.42. The molecule has 0 aromatic carbocycles. The largest absolute Gasteiger partial charge is 0.481 e. The minimum atomic E-state index is -0.689. The van der Waals surface area contributed by atoms with Gasteiger partial charge < -0.3 is 14.7 Å². The molecule has 2 N–H and O–H groups in total. The minimum Gasteiger partial charge on any atom is -0.481 e. The van der Waals surface area contributed by atoms with Crippen molar-refractivity contribution in [3.8, 4) is 0 Å². The molecule has 4 heteroatoms. The van der Waals surface area contributed by atoms with Crippen molar-refractivity contribution in [2.75, 3.05) is 26.2 Å². The first-order valence-electron chi connectivity index (χ1n) is 11.4. The van der Waals surface area contributed by atoms with Gasteiger partial charge in [-0.1, -0.05) is 52.7 Å². The molecule has 0 rings (SSSR count). The summed E-state index contributed by atoms with van der Waals surface area (Å²) < 4.78 is 0.767. The maximum atomic E-state index is 11.7. The fourth-order valence-electron chi connectivity index (χ4n) is 3.91. The van der Waals surface area contributed by atoms with E-state index in [-0.39, 0.29) is 12.0 Å². The van der Waals surface area contributed by atoms with Gasteiger partial charge in [0.25, 0.3) is 0 Å². The third kappa shape index (κ3) is 12.2. The number of aliphatic hydroxyl groups excluding tert-OH is 1. The zero-order chi connectivity index (χ0) is 20.5. The van der Waals surface area contributed by atoms with Crippen LogP contribution in [0, 0.1) is 5.92 Å². The van der Waals surface area contributed by atoms with Crippen molar-refractivity contribution in [1.29, 1.82) is 0 Å². The van der Waals surface area contributed by atoms with Gasteiger partial charge in [0.15, 0.2) is 0 Å². The number of hydrogen-bond acceptors (Lipinski definition) is 2. The van der Waals surface area contributed by atoms with Gasteiger partial charge >= 0.3 is 5.97 Å². The van der Waals surface area contributed by atoms with Gasteiger partial charge in [-0.15, -0.1) is 0 Å². The second-order valence-corrected chi connectivity index (χ2v) is 8.12. The maximum Gasteiger partial charge on any atom is 0.312 e. The monoisotopic (exact) mass is 384 g/mol. The Morgan fingerprint density at radius 3 is 1.96 bits per heavy atom. The van der Waals surface area contributed by atoms with Gasteiger partial charge in [0.05, 0.1) is 19.6 Å². The smallest absolute Gasteiger partial charge is 0.312 e. The highest BCUT2D eigenvalue weighted by atomic mass is 16.4. The summed E-state index contributed by atoms with van der Waals surface area (Å²) in [6, 6.07) is 0. The number of carboxylic acid groups (broad SMARTS) is 1. The maximum absolute atomic E-state index is 11.7. The molecule has 0 saturated heterocycles. The summed E-state index contributed by atoms with van der Waals surface area (Å²) >= 11 is 0. The number of aliphatic hydroxyl groups is 1. The van der Waals surface area contributed by atoms with Crippen molar-refractivity contribution in [1.82, 2.24) is 0 Å². The molecular weight excluding hydrogens is 338 g/mol. The summed E-state index contributed by atoms with van der Waals surface area (Å²) in [5.41, 5.74) is 0. The van der Waals surface area contributed by atoms with Crippen LogP contribution in [0.4, 0.5) is 0 Å². The fraction of sp³-hybridized carbons (Fsp3) is 0.870. The zero-order valence-corrected chi connectivity index (χ0v) is 18.5. The predicted molar refractivity (Wildman–Crippen MR) is 115 cm³/mol. The third-order valence-electron chi connectivity index (χ3n) is 5.59. The summed E-state index contributed by atoms with van der Waals surface area (Å²) in [6.45, 7) is 11.8. The van der Waals surface area contributed by atoms with Crippen LogP contribution in [0.15, 0.2) is 12.2 Å². The Balaban J connectivity index is 5.24. The molecule has 0 fully saturated rings. The van der Waals surface area contributed by atoms with E-state index in [2.05, 4.69) is 32.9 Å². The van der Waals surface area contributed by atoms with Crippen molar-refractivity contribution in [3.05, 3.63) is 12.2 Å². The molecule has 0 aliphatic carbocycles. The second-order valence-electron chi connectivity index (χ2n) is 8.12. The lowest BCUT2D eigenvalue weighted by atomic mass is 10.0. The van der Waals surface area contributed by atoms with Gasteiger partial charge in [0, 0.05) is 0 Å². The summed E-state index contributed by atoms with van der Waals surface area (Å²) in [6.07, 6.45) is 14.2. The van der Waals surface area contributed by atoms with Crippen LogP contribution < -0.4 is 0 Å². The highest BCUT2D eigenvalue weighted by molar-refractivity contribution is 5.69. The first-order valence-corrected chi connectivity index (χ1v) is 11.4. The van der Waals surface area contributed by atoms with Crippen molar-refractivity contribution in [3.63, 3.8) is 0 Å². The van der Waals surface area contributed by atoms with Gasteiger partial charge in [-0.3, -0.25) is 4.79 Å². The van der Waals surface area contributed by atoms with Crippen LogP contribution in [0.5, 0.6) is 0 Å². The number of aliphatic carboxylic acids is 1. The number of rotatable bonds is 18. The van der Waals surface area contributed by atoms with Gasteiger partial charge in [0.1, 0.15) is 18.6 Å². The van der Waals surface area contributed by atoms with Gasteiger partial charge in [-0.25, -0.2) is 0 Å². The third-order valence-corrected chi connectivity index (χ3v) is 5.59. The Labute approximate surface area is 168 Å². The van der Waals surface area contributed by atoms with Crippen LogP contribution >= 0.6 is 0 Å². The molecule has 27 heavy (non-hydrogen) atoms. The van der Waals surface area contributed by atoms with Gasteiger partial charge in [-0.05, 0) is 51.4 Å². The first-order chi connectivity index (χ1) is 12.9. The Hall–Kier alpha value is -0.870. The molecule has 0 saturated carbocycles. The van der Waals surface area contributed by atoms with Crippen LogP contribution in [-0.4, -0.2) is 52.9 Å². The van der Waals surface area contributed by atoms with E-state index < -0.39 is 5.97 Å². The van der Waals surface area contributed by atoms with E-state index in [1.807, 2.05) is 6.92 Å². The highest BCUT2D eigenvalue weighted by Gasteiger charge is 2.34. The molecule has 0 bridgehead atoms. The first kappa shape index (κ1) is 26.1. The molecule has 2 unspecified atom stereocenters. The number of unbranched alkanes of at least 4 members (excludes halogenated alkanes) is 4. The van der Waals surface area contributed by atoms with E-state index in [4.69, 9.17) is 0 Å².